The minimum atomic E-state index is -0.659. The van der Waals surface area contributed by atoms with Gasteiger partial charge in [-0.2, -0.15) is 5.10 Å². The first-order chi connectivity index (χ1) is 8.50. The summed E-state index contributed by atoms with van der Waals surface area (Å²) in [5.41, 5.74) is 10.7. The van der Waals surface area contributed by atoms with Crippen LogP contribution in [-0.4, -0.2) is 20.6 Å². The molecule has 8 nitrogen and oxygen atoms in total. The van der Waals surface area contributed by atoms with Crippen molar-refractivity contribution in [2.75, 3.05) is 5.73 Å². The topological polar surface area (TPSA) is 130 Å². The van der Waals surface area contributed by atoms with Gasteiger partial charge in [0.2, 0.25) is 0 Å². The molecule has 18 heavy (non-hydrogen) atoms. The van der Waals surface area contributed by atoms with Crippen molar-refractivity contribution in [3.63, 3.8) is 0 Å². The van der Waals surface area contributed by atoms with Crippen molar-refractivity contribution in [3.05, 3.63) is 46.3 Å². The van der Waals surface area contributed by atoms with E-state index in [0.717, 1.165) is 0 Å². The van der Waals surface area contributed by atoms with Gasteiger partial charge in [-0.15, -0.1) is 0 Å². The molecule has 2 rings (SSSR count). The fraction of sp³-hybridized carbons (Fsp3) is 0. The first-order valence-corrected chi connectivity index (χ1v) is 4.88. The van der Waals surface area contributed by atoms with Crippen LogP contribution in [0, 0.1) is 10.1 Å². The number of carbonyl (C=O) groups is 1. The Labute approximate surface area is 101 Å². The number of nitrogens with zero attached hydrogens (tertiary/aromatic N) is 3. The van der Waals surface area contributed by atoms with E-state index in [2.05, 4.69) is 5.10 Å². The number of amides is 1. The van der Waals surface area contributed by atoms with Crippen LogP contribution in [0.15, 0.2) is 30.6 Å². The monoisotopic (exact) mass is 247 g/mol. The molecule has 2 aromatic rings. The number of rotatable bonds is 3. The van der Waals surface area contributed by atoms with E-state index in [4.69, 9.17) is 11.5 Å². The van der Waals surface area contributed by atoms with Gasteiger partial charge in [-0.05, 0) is 12.1 Å². The van der Waals surface area contributed by atoms with Crippen molar-refractivity contribution in [1.82, 2.24) is 9.78 Å². The number of nitro benzene ring substituents is 1. The van der Waals surface area contributed by atoms with Gasteiger partial charge in [-0.3, -0.25) is 14.9 Å². The van der Waals surface area contributed by atoms with Gasteiger partial charge in [0, 0.05) is 6.20 Å². The Morgan fingerprint density at radius 3 is 2.72 bits per heavy atom. The number of para-hydroxylation sites is 1. The lowest BCUT2D eigenvalue weighted by atomic mass is 10.2. The molecule has 1 aromatic carbocycles. The molecule has 1 heterocycles. The lowest BCUT2D eigenvalue weighted by Gasteiger charge is -2.04. The lowest BCUT2D eigenvalue weighted by Crippen LogP contribution is -2.09. The average Bonchev–Trinajstić information content (AvgIpc) is 2.77. The van der Waals surface area contributed by atoms with Crippen LogP contribution < -0.4 is 11.5 Å². The van der Waals surface area contributed by atoms with Gasteiger partial charge < -0.3 is 11.5 Å². The summed E-state index contributed by atoms with van der Waals surface area (Å²) in [4.78, 5) is 21.3. The molecule has 0 saturated carbocycles. The first kappa shape index (κ1) is 11.6. The van der Waals surface area contributed by atoms with Crippen LogP contribution in [0.4, 0.5) is 11.4 Å². The molecule has 0 saturated heterocycles. The zero-order valence-corrected chi connectivity index (χ0v) is 9.11. The van der Waals surface area contributed by atoms with Crippen LogP contribution in [0.1, 0.15) is 10.4 Å². The highest BCUT2D eigenvalue weighted by Gasteiger charge is 2.20. The van der Waals surface area contributed by atoms with Gasteiger partial charge in [-0.25, -0.2) is 4.68 Å². The summed E-state index contributed by atoms with van der Waals surface area (Å²) in [6, 6.07) is 4.45. The van der Waals surface area contributed by atoms with E-state index in [1.165, 1.54) is 29.2 Å². The Balaban J connectivity index is 2.59. The van der Waals surface area contributed by atoms with E-state index in [0.29, 0.717) is 0 Å². The number of anilines is 1. The number of nitrogens with two attached hydrogens (primary N) is 2. The second-order valence-electron chi connectivity index (χ2n) is 3.51. The van der Waals surface area contributed by atoms with Crippen molar-refractivity contribution in [3.8, 4) is 5.69 Å². The fourth-order valence-electron chi connectivity index (χ4n) is 1.51. The third kappa shape index (κ3) is 1.86. The first-order valence-electron chi connectivity index (χ1n) is 4.88. The van der Waals surface area contributed by atoms with Crippen molar-refractivity contribution >= 4 is 17.3 Å². The van der Waals surface area contributed by atoms with Crippen molar-refractivity contribution in [2.24, 2.45) is 5.73 Å². The molecule has 0 spiro atoms. The van der Waals surface area contributed by atoms with Gasteiger partial charge in [-0.1, -0.05) is 6.07 Å². The summed E-state index contributed by atoms with van der Waals surface area (Å²) >= 11 is 0. The summed E-state index contributed by atoms with van der Waals surface area (Å²) in [7, 11) is 0. The van der Waals surface area contributed by atoms with E-state index < -0.39 is 10.8 Å². The maximum absolute atomic E-state index is 10.9. The molecule has 0 unspecified atom stereocenters. The van der Waals surface area contributed by atoms with Crippen LogP contribution in [-0.2, 0) is 0 Å². The van der Waals surface area contributed by atoms with Crippen LogP contribution in [0.3, 0.4) is 0 Å². The summed E-state index contributed by atoms with van der Waals surface area (Å²) in [6.45, 7) is 0. The Hall–Kier alpha value is -2.90. The standard InChI is InChI=1S/C10H9N5O3/c11-7-2-1-3-8(9(7)15(17)18)14-5-6(4-13-14)10(12)16/h1-5H,11H2,(H2,12,16). The van der Waals surface area contributed by atoms with Crippen LogP contribution in [0.25, 0.3) is 5.69 Å². The molecule has 8 heteroatoms. The number of hydrogen-bond acceptors (Lipinski definition) is 5. The number of primary amides is 1. The average molecular weight is 247 g/mol. The van der Waals surface area contributed by atoms with Gasteiger partial charge in [0.25, 0.3) is 5.91 Å². The van der Waals surface area contributed by atoms with Crippen LogP contribution >= 0.6 is 0 Å². The minimum Gasteiger partial charge on any atom is -0.393 e. The predicted molar refractivity (Wildman–Crippen MR) is 63.1 cm³/mol. The highest BCUT2D eigenvalue weighted by atomic mass is 16.6. The molecule has 0 atom stereocenters. The van der Waals surface area contributed by atoms with Crippen molar-refractivity contribution in [1.29, 1.82) is 0 Å². The summed E-state index contributed by atoms with van der Waals surface area (Å²) < 4.78 is 1.19. The minimum absolute atomic E-state index is 0.0219. The lowest BCUT2D eigenvalue weighted by molar-refractivity contribution is -0.383. The van der Waals surface area contributed by atoms with Gasteiger partial charge in [0.15, 0.2) is 0 Å². The number of hydrogen-bond donors (Lipinski definition) is 2. The summed E-state index contributed by atoms with van der Waals surface area (Å²) in [6.07, 6.45) is 2.54. The molecule has 0 aliphatic heterocycles. The number of nitrogen functional groups attached to an aromatic ring is 1. The molecule has 0 fully saturated rings. The van der Waals surface area contributed by atoms with Gasteiger partial charge in [0.1, 0.15) is 11.4 Å². The van der Waals surface area contributed by atoms with Gasteiger partial charge >= 0.3 is 5.69 Å². The zero-order valence-electron chi connectivity index (χ0n) is 9.11. The fourth-order valence-corrected chi connectivity index (χ4v) is 1.51. The molecule has 1 amide bonds. The normalized spacial score (nSPS) is 10.2. The molecular weight excluding hydrogens is 238 g/mol. The number of aromatic nitrogens is 2. The van der Waals surface area contributed by atoms with E-state index in [1.807, 2.05) is 0 Å². The highest BCUT2D eigenvalue weighted by molar-refractivity contribution is 5.92. The van der Waals surface area contributed by atoms with Gasteiger partial charge in [0.05, 0.1) is 16.7 Å². The third-order valence-electron chi connectivity index (χ3n) is 2.34. The number of carbonyl (C=O) groups excluding carboxylic acids is 1. The molecular formula is C10H9N5O3. The smallest absolute Gasteiger partial charge is 0.317 e. The predicted octanol–water partition coefficient (Wildman–Crippen LogP) is 0.462. The maximum atomic E-state index is 10.9. The second-order valence-corrected chi connectivity index (χ2v) is 3.51. The Morgan fingerprint density at radius 2 is 2.17 bits per heavy atom. The molecule has 4 N–H and O–H groups in total. The SMILES string of the molecule is NC(=O)c1cnn(-c2cccc(N)c2[N+](=O)[O-])c1. The Morgan fingerprint density at radius 1 is 1.44 bits per heavy atom. The summed E-state index contributed by atoms with van der Waals surface area (Å²) in [5, 5.41) is 14.8. The molecule has 0 radical (unpaired) electrons. The maximum Gasteiger partial charge on any atom is 0.317 e. The number of benzene rings is 1. The second kappa shape index (κ2) is 4.17. The molecule has 92 valence electrons. The van der Waals surface area contributed by atoms with E-state index in [-0.39, 0.29) is 22.6 Å². The van der Waals surface area contributed by atoms with E-state index >= 15 is 0 Å². The Kier molecular flexibility index (Phi) is 2.68. The quantitative estimate of drug-likeness (QED) is 0.462. The molecule has 0 bridgehead atoms. The van der Waals surface area contributed by atoms with Crippen molar-refractivity contribution < 1.29 is 9.72 Å². The highest BCUT2D eigenvalue weighted by Crippen LogP contribution is 2.28. The van der Waals surface area contributed by atoms with Crippen molar-refractivity contribution in [2.45, 2.75) is 0 Å². The number of nitro groups is 1. The van der Waals surface area contributed by atoms with E-state index in [9.17, 15) is 14.9 Å². The van der Waals surface area contributed by atoms with Crippen LogP contribution in [0.5, 0.6) is 0 Å². The molecule has 1 aromatic heterocycles. The zero-order chi connectivity index (χ0) is 13.3. The summed E-state index contributed by atoms with van der Waals surface area (Å²) in [5.74, 6) is -0.659. The Bertz CT molecular complexity index is 634. The molecule has 0 aliphatic rings. The largest absolute Gasteiger partial charge is 0.393 e. The third-order valence-corrected chi connectivity index (χ3v) is 2.34. The van der Waals surface area contributed by atoms with E-state index in [1.54, 1.807) is 6.07 Å². The van der Waals surface area contributed by atoms with Crippen LogP contribution in [0.2, 0.25) is 0 Å². The molecule has 0 aliphatic carbocycles.